The summed E-state index contributed by atoms with van der Waals surface area (Å²) >= 11 is 3.28. The van der Waals surface area contributed by atoms with E-state index in [4.69, 9.17) is 4.74 Å². The van der Waals surface area contributed by atoms with Crippen molar-refractivity contribution in [2.75, 3.05) is 13.2 Å². The summed E-state index contributed by atoms with van der Waals surface area (Å²) < 4.78 is 5.16. The minimum atomic E-state index is 0.00519. The van der Waals surface area contributed by atoms with E-state index in [0.29, 0.717) is 5.78 Å². The molecule has 11 heavy (non-hydrogen) atoms. The molecule has 0 saturated carbocycles. The maximum atomic E-state index is 11.4. The molecule has 1 atom stereocenters. The van der Waals surface area contributed by atoms with Gasteiger partial charge in [0.1, 0.15) is 5.78 Å². The number of carbonyl (C=O) groups excluding carboxylic acids is 1. The summed E-state index contributed by atoms with van der Waals surface area (Å²) in [6, 6.07) is 0. The van der Waals surface area contributed by atoms with Crippen molar-refractivity contribution in [1.29, 1.82) is 0 Å². The number of carbonyl (C=O) groups is 1. The molecule has 2 nitrogen and oxygen atoms in total. The number of ketones is 1. The maximum Gasteiger partial charge on any atom is 0.149 e. The molecular weight excluding hydrogens is 208 g/mol. The van der Waals surface area contributed by atoms with Crippen molar-refractivity contribution in [2.24, 2.45) is 5.92 Å². The minimum Gasteiger partial charge on any atom is -0.381 e. The van der Waals surface area contributed by atoms with E-state index < -0.39 is 0 Å². The molecule has 64 valence electrons. The molecule has 0 unspecified atom stereocenters. The summed E-state index contributed by atoms with van der Waals surface area (Å²) in [6.07, 6.45) is 1.80. The van der Waals surface area contributed by atoms with E-state index in [2.05, 4.69) is 15.9 Å². The second kappa shape index (κ2) is 4.21. The SMILES string of the molecule is C[C@@H](Br)C(=O)C1CCOCC1. The molecular formula is C8H13BrO2. The van der Waals surface area contributed by atoms with Crippen LogP contribution in [0.4, 0.5) is 0 Å². The number of rotatable bonds is 2. The molecule has 0 aliphatic carbocycles. The van der Waals surface area contributed by atoms with Crippen LogP contribution in [0.15, 0.2) is 0 Å². The van der Waals surface area contributed by atoms with Gasteiger partial charge in [0.05, 0.1) is 4.83 Å². The van der Waals surface area contributed by atoms with Crippen LogP contribution in [0, 0.1) is 5.92 Å². The highest BCUT2D eigenvalue weighted by atomic mass is 79.9. The first-order valence-electron chi connectivity index (χ1n) is 3.97. The van der Waals surface area contributed by atoms with Crippen LogP contribution in [0.3, 0.4) is 0 Å². The van der Waals surface area contributed by atoms with Gasteiger partial charge in [0, 0.05) is 19.1 Å². The summed E-state index contributed by atoms with van der Waals surface area (Å²) in [5.74, 6) is 0.562. The molecule has 1 fully saturated rings. The number of ether oxygens (including phenoxy) is 1. The highest BCUT2D eigenvalue weighted by Crippen LogP contribution is 2.19. The first-order valence-corrected chi connectivity index (χ1v) is 4.89. The Morgan fingerprint density at radius 3 is 2.55 bits per heavy atom. The Morgan fingerprint density at radius 1 is 1.55 bits per heavy atom. The number of hydrogen-bond donors (Lipinski definition) is 0. The van der Waals surface area contributed by atoms with Gasteiger partial charge in [-0.15, -0.1) is 0 Å². The monoisotopic (exact) mass is 220 g/mol. The molecule has 1 heterocycles. The zero-order valence-electron chi connectivity index (χ0n) is 6.68. The zero-order chi connectivity index (χ0) is 8.27. The van der Waals surface area contributed by atoms with Gasteiger partial charge in [-0.25, -0.2) is 0 Å². The van der Waals surface area contributed by atoms with E-state index >= 15 is 0 Å². The van der Waals surface area contributed by atoms with Crippen LogP contribution < -0.4 is 0 Å². The topological polar surface area (TPSA) is 26.3 Å². The average molecular weight is 221 g/mol. The fourth-order valence-electron chi connectivity index (χ4n) is 1.31. The van der Waals surface area contributed by atoms with E-state index in [-0.39, 0.29) is 10.7 Å². The van der Waals surface area contributed by atoms with Crippen LogP contribution in [-0.2, 0) is 9.53 Å². The van der Waals surface area contributed by atoms with Gasteiger partial charge in [0.2, 0.25) is 0 Å². The first-order chi connectivity index (χ1) is 5.22. The summed E-state index contributed by atoms with van der Waals surface area (Å²) in [7, 11) is 0. The number of Topliss-reactive ketones (excluding diaryl/α,β-unsaturated/α-hetero) is 1. The summed E-state index contributed by atoms with van der Waals surface area (Å²) in [4.78, 5) is 11.4. The molecule has 0 aromatic rings. The Kier molecular flexibility index (Phi) is 3.52. The van der Waals surface area contributed by atoms with E-state index in [0.717, 1.165) is 26.1 Å². The third kappa shape index (κ3) is 2.56. The number of hydrogen-bond acceptors (Lipinski definition) is 2. The van der Waals surface area contributed by atoms with Crippen LogP contribution in [0.1, 0.15) is 19.8 Å². The molecule has 0 amide bonds. The quantitative estimate of drug-likeness (QED) is 0.664. The lowest BCUT2D eigenvalue weighted by atomic mass is 9.94. The Bertz CT molecular complexity index is 139. The molecule has 0 aromatic heterocycles. The fraction of sp³-hybridized carbons (Fsp3) is 0.875. The Balaban J connectivity index is 2.39. The predicted molar refractivity (Wildman–Crippen MR) is 46.9 cm³/mol. The molecule has 1 rings (SSSR count). The highest BCUT2D eigenvalue weighted by molar-refractivity contribution is 9.10. The molecule has 0 N–H and O–H groups in total. The summed E-state index contributed by atoms with van der Waals surface area (Å²) in [5, 5.41) is 0. The normalized spacial score (nSPS) is 23.1. The van der Waals surface area contributed by atoms with Gasteiger partial charge in [0.15, 0.2) is 0 Å². The molecule has 1 saturated heterocycles. The lowest BCUT2D eigenvalue weighted by Crippen LogP contribution is -2.27. The van der Waals surface area contributed by atoms with Crippen LogP contribution in [0.2, 0.25) is 0 Å². The van der Waals surface area contributed by atoms with Crippen LogP contribution >= 0.6 is 15.9 Å². The van der Waals surface area contributed by atoms with Crippen molar-refractivity contribution < 1.29 is 9.53 Å². The van der Waals surface area contributed by atoms with Crippen LogP contribution in [0.5, 0.6) is 0 Å². The van der Waals surface area contributed by atoms with Gasteiger partial charge < -0.3 is 4.74 Å². The van der Waals surface area contributed by atoms with E-state index in [1.54, 1.807) is 0 Å². The molecule has 0 bridgehead atoms. The van der Waals surface area contributed by atoms with Crippen molar-refractivity contribution in [3.63, 3.8) is 0 Å². The Morgan fingerprint density at radius 2 is 2.09 bits per heavy atom. The van der Waals surface area contributed by atoms with Gasteiger partial charge in [-0.3, -0.25) is 4.79 Å². The van der Waals surface area contributed by atoms with Gasteiger partial charge in [0.25, 0.3) is 0 Å². The average Bonchev–Trinajstić information content (AvgIpc) is 2.05. The van der Waals surface area contributed by atoms with Gasteiger partial charge in [-0.2, -0.15) is 0 Å². The van der Waals surface area contributed by atoms with Gasteiger partial charge in [-0.05, 0) is 19.8 Å². The van der Waals surface area contributed by atoms with E-state index in [1.165, 1.54) is 0 Å². The van der Waals surface area contributed by atoms with E-state index in [9.17, 15) is 4.79 Å². The van der Waals surface area contributed by atoms with E-state index in [1.807, 2.05) is 6.92 Å². The van der Waals surface area contributed by atoms with Gasteiger partial charge in [-0.1, -0.05) is 15.9 Å². The van der Waals surface area contributed by atoms with Crippen LogP contribution in [0.25, 0.3) is 0 Å². The second-order valence-corrected chi connectivity index (χ2v) is 4.28. The van der Waals surface area contributed by atoms with Crippen molar-refractivity contribution in [1.82, 2.24) is 0 Å². The predicted octanol–water partition coefficient (Wildman–Crippen LogP) is 1.77. The molecule has 1 aliphatic rings. The number of alkyl halides is 1. The lowest BCUT2D eigenvalue weighted by Gasteiger charge is -2.21. The Hall–Kier alpha value is 0.110. The standard InChI is InChI=1S/C8H13BrO2/c1-6(9)8(10)7-2-4-11-5-3-7/h6-7H,2-5H2,1H3/t6-/m1/s1. The summed E-state index contributed by atoms with van der Waals surface area (Å²) in [5.41, 5.74) is 0. The molecule has 0 spiro atoms. The second-order valence-electron chi connectivity index (χ2n) is 2.91. The number of halogens is 1. The lowest BCUT2D eigenvalue weighted by molar-refractivity contribution is -0.124. The molecule has 0 radical (unpaired) electrons. The third-order valence-corrected chi connectivity index (χ3v) is 2.47. The largest absolute Gasteiger partial charge is 0.381 e. The van der Waals surface area contributed by atoms with Crippen LogP contribution in [-0.4, -0.2) is 23.8 Å². The molecule has 3 heteroatoms. The van der Waals surface area contributed by atoms with Crippen molar-refractivity contribution in [3.8, 4) is 0 Å². The fourth-order valence-corrected chi connectivity index (χ4v) is 1.68. The highest BCUT2D eigenvalue weighted by Gasteiger charge is 2.23. The summed E-state index contributed by atoms with van der Waals surface area (Å²) in [6.45, 7) is 3.38. The smallest absolute Gasteiger partial charge is 0.149 e. The van der Waals surface area contributed by atoms with Gasteiger partial charge >= 0.3 is 0 Å². The van der Waals surface area contributed by atoms with Crippen molar-refractivity contribution in [2.45, 2.75) is 24.6 Å². The first kappa shape index (κ1) is 9.20. The zero-order valence-corrected chi connectivity index (χ0v) is 8.26. The van der Waals surface area contributed by atoms with Crippen molar-refractivity contribution >= 4 is 21.7 Å². The van der Waals surface area contributed by atoms with Crippen molar-refractivity contribution in [3.05, 3.63) is 0 Å². The third-order valence-electron chi connectivity index (χ3n) is 2.02. The Labute approximate surface area is 75.4 Å². The molecule has 1 aliphatic heterocycles. The maximum absolute atomic E-state index is 11.4. The minimum absolute atomic E-state index is 0.00519. The molecule has 0 aromatic carbocycles.